The van der Waals surface area contributed by atoms with Gasteiger partial charge >= 0.3 is 6.01 Å². The number of hydrogen-bond acceptors (Lipinski definition) is 5. The number of nitrogens with zero attached hydrogens (tertiary/aromatic N) is 3. The van der Waals surface area contributed by atoms with E-state index in [1.807, 2.05) is 36.4 Å². The van der Waals surface area contributed by atoms with Crippen molar-refractivity contribution in [2.24, 2.45) is 0 Å². The molecule has 0 saturated heterocycles. The molecule has 0 fully saturated rings. The molecule has 0 unspecified atom stereocenters. The molecule has 0 aliphatic carbocycles. The van der Waals surface area contributed by atoms with Gasteiger partial charge in [0, 0.05) is 7.05 Å². The lowest BCUT2D eigenvalue weighted by molar-refractivity contribution is 0.438. The Morgan fingerprint density at radius 1 is 1.10 bits per heavy atom. The Morgan fingerprint density at radius 3 is 2.71 bits per heavy atom. The first-order valence-electron chi connectivity index (χ1n) is 6.12. The van der Waals surface area contributed by atoms with Crippen molar-refractivity contribution in [1.82, 2.24) is 15.0 Å². The maximum absolute atomic E-state index is 5.84. The van der Waals surface area contributed by atoms with Gasteiger partial charge in [-0.05, 0) is 44.4 Å². The van der Waals surface area contributed by atoms with E-state index in [1.54, 1.807) is 7.05 Å². The van der Waals surface area contributed by atoms with Crippen LogP contribution >= 0.6 is 27.5 Å². The van der Waals surface area contributed by atoms with E-state index in [0.717, 1.165) is 15.2 Å². The monoisotopic (exact) mass is 364 g/mol. The van der Waals surface area contributed by atoms with Gasteiger partial charge in [-0.15, -0.1) is 0 Å². The summed E-state index contributed by atoms with van der Waals surface area (Å²) in [6, 6.07) is 11.9. The van der Waals surface area contributed by atoms with Gasteiger partial charge in [0.15, 0.2) is 0 Å². The summed E-state index contributed by atoms with van der Waals surface area (Å²) >= 11 is 9.38. The van der Waals surface area contributed by atoms with Crippen LogP contribution in [-0.4, -0.2) is 22.0 Å². The predicted octanol–water partition coefficient (Wildman–Crippen LogP) is 4.27. The SMILES string of the molecule is CNc1nc(Cl)nc(Oc2ccc3ccccc3c2Br)n1. The Kier molecular flexibility index (Phi) is 3.90. The van der Waals surface area contributed by atoms with E-state index in [9.17, 15) is 0 Å². The van der Waals surface area contributed by atoms with Crippen LogP contribution in [-0.2, 0) is 0 Å². The van der Waals surface area contributed by atoms with Crippen LogP contribution in [0.4, 0.5) is 5.95 Å². The first kappa shape index (κ1) is 14.0. The first-order valence-corrected chi connectivity index (χ1v) is 7.29. The van der Waals surface area contributed by atoms with Crippen molar-refractivity contribution < 1.29 is 4.74 Å². The van der Waals surface area contributed by atoms with E-state index in [2.05, 4.69) is 36.2 Å². The fourth-order valence-corrected chi connectivity index (χ4v) is 2.61. The largest absolute Gasteiger partial charge is 0.423 e. The minimum Gasteiger partial charge on any atom is -0.423 e. The molecule has 5 nitrogen and oxygen atoms in total. The highest BCUT2D eigenvalue weighted by molar-refractivity contribution is 9.10. The van der Waals surface area contributed by atoms with Gasteiger partial charge in [-0.1, -0.05) is 30.3 Å². The molecule has 106 valence electrons. The van der Waals surface area contributed by atoms with Crippen LogP contribution in [0.25, 0.3) is 10.8 Å². The Hall–Kier alpha value is -1.92. The molecule has 21 heavy (non-hydrogen) atoms. The summed E-state index contributed by atoms with van der Waals surface area (Å²) in [4.78, 5) is 12.0. The molecule has 2 aromatic carbocycles. The highest BCUT2D eigenvalue weighted by atomic mass is 79.9. The third kappa shape index (κ3) is 2.91. The zero-order valence-corrected chi connectivity index (χ0v) is 13.3. The van der Waals surface area contributed by atoms with E-state index in [4.69, 9.17) is 16.3 Å². The van der Waals surface area contributed by atoms with Gasteiger partial charge in [0.05, 0.1) is 4.47 Å². The second-order valence-electron chi connectivity index (χ2n) is 4.16. The average molecular weight is 366 g/mol. The Labute approximate surface area is 134 Å². The number of nitrogens with one attached hydrogen (secondary N) is 1. The van der Waals surface area contributed by atoms with Crippen molar-refractivity contribution >= 4 is 44.3 Å². The zero-order chi connectivity index (χ0) is 14.8. The van der Waals surface area contributed by atoms with Crippen LogP contribution in [0.5, 0.6) is 11.8 Å². The summed E-state index contributed by atoms with van der Waals surface area (Å²) in [5.74, 6) is 0.958. The van der Waals surface area contributed by atoms with Crippen molar-refractivity contribution in [2.75, 3.05) is 12.4 Å². The van der Waals surface area contributed by atoms with Gasteiger partial charge in [0.2, 0.25) is 11.2 Å². The molecular formula is C14H10BrClN4O. The van der Waals surface area contributed by atoms with Gasteiger partial charge in [-0.3, -0.25) is 0 Å². The highest BCUT2D eigenvalue weighted by Crippen LogP contribution is 2.35. The van der Waals surface area contributed by atoms with E-state index < -0.39 is 0 Å². The summed E-state index contributed by atoms with van der Waals surface area (Å²) in [6.07, 6.45) is 0. The molecule has 0 bridgehead atoms. The lowest BCUT2D eigenvalue weighted by Gasteiger charge is -2.09. The topological polar surface area (TPSA) is 59.9 Å². The third-order valence-electron chi connectivity index (χ3n) is 2.84. The number of anilines is 1. The van der Waals surface area contributed by atoms with Gasteiger partial charge in [-0.2, -0.15) is 15.0 Å². The van der Waals surface area contributed by atoms with Crippen molar-refractivity contribution in [3.63, 3.8) is 0 Å². The van der Waals surface area contributed by atoms with Crippen LogP contribution in [0, 0.1) is 0 Å². The summed E-state index contributed by atoms with van der Waals surface area (Å²) in [7, 11) is 1.70. The number of rotatable bonds is 3. The lowest BCUT2D eigenvalue weighted by atomic mass is 10.1. The minimum atomic E-state index is 0.0706. The van der Waals surface area contributed by atoms with Crippen LogP contribution in [0.3, 0.4) is 0 Å². The van der Waals surface area contributed by atoms with E-state index in [-0.39, 0.29) is 11.3 Å². The number of aromatic nitrogens is 3. The minimum absolute atomic E-state index is 0.0706. The molecule has 3 aromatic rings. The summed E-state index contributed by atoms with van der Waals surface area (Å²) in [5.41, 5.74) is 0. The molecule has 7 heteroatoms. The molecule has 0 spiro atoms. The standard InChI is InChI=1S/C14H10BrClN4O/c1-17-13-18-12(16)19-14(20-13)21-10-7-6-8-4-2-3-5-9(8)11(10)15/h2-7H,1H3,(H,17,18,19,20). The van der Waals surface area contributed by atoms with Crippen molar-refractivity contribution in [2.45, 2.75) is 0 Å². The summed E-state index contributed by atoms with van der Waals surface area (Å²) in [5, 5.41) is 5.03. The predicted molar refractivity (Wildman–Crippen MR) is 86.1 cm³/mol. The van der Waals surface area contributed by atoms with E-state index >= 15 is 0 Å². The average Bonchev–Trinajstić information content (AvgIpc) is 2.50. The van der Waals surface area contributed by atoms with Crippen molar-refractivity contribution in [3.05, 3.63) is 46.2 Å². The fraction of sp³-hybridized carbons (Fsp3) is 0.0714. The molecule has 3 rings (SSSR count). The molecule has 1 aromatic heterocycles. The Balaban J connectivity index is 2.02. The summed E-state index contributed by atoms with van der Waals surface area (Å²) < 4.78 is 6.54. The Bertz CT molecular complexity index is 812. The van der Waals surface area contributed by atoms with Crippen molar-refractivity contribution in [1.29, 1.82) is 0 Å². The molecule has 0 saturated carbocycles. The van der Waals surface area contributed by atoms with Crippen LogP contribution in [0.1, 0.15) is 0 Å². The molecule has 0 aliphatic heterocycles. The van der Waals surface area contributed by atoms with Crippen LogP contribution in [0.15, 0.2) is 40.9 Å². The first-order chi connectivity index (χ1) is 10.2. The molecular weight excluding hydrogens is 356 g/mol. The number of fused-ring (bicyclic) bond motifs is 1. The quantitative estimate of drug-likeness (QED) is 0.751. The van der Waals surface area contributed by atoms with Gasteiger partial charge in [0.25, 0.3) is 0 Å². The number of benzene rings is 2. The molecule has 0 aliphatic rings. The van der Waals surface area contributed by atoms with E-state index in [1.165, 1.54) is 0 Å². The maximum atomic E-state index is 5.84. The van der Waals surface area contributed by atoms with Crippen molar-refractivity contribution in [3.8, 4) is 11.8 Å². The maximum Gasteiger partial charge on any atom is 0.328 e. The number of ether oxygens (including phenoxy) is 1. The Morgan fingerprint density at radius 2 is 1.90 bits per heavy atom. The van der Waals surface area contributed by atoms with E-state index in [0.29, 0.717) is 11.7 Å². The number of hydrogen-bond donors (Lipinski definition) is 1. The van der Waals surface area contributed by atoms with Crippen LogP contribution in [0.2, 0.25) is 5.28 Å². The lowest BCUT2D eigenvalue weighted by Crippen LogP contribution is -2.01. The molecule has 1 heterocycles. The molecule has 0 atom stereocenters. The normalized spacial score (nSPS) is 10.6. The smallest absolute Gasteiger partial charge is 0.328 e. The summed E-state index contributed by atoms with van der Waals surface area (Å²) in [6.45, 7) is 0. The second kappa shape index (κ2) is 5.83. The molecule has 0 radical (unpaired) electrons. The third-order valence-corrected chi connectivity index (χ3v) is 3.83. The van der Waals surface area contributed by atoms with Crippen LogP contribution < -0.4 is 10.1 Å². The molecule has 0 amide bonds. The second-order valence-corrected chi connectivity index (χ2v) is 5.29. The highest BCUT2D eigenvalue weighted by Gasteiger charge is 2.10. The van der Waals surface area contributed by atoms with Gasteiger partial charge < -0.3 is 10.1 Å². The molecule has 1 N–H and O–H groups in total. The fourth-order valence-electron chi connectivity index (χ4n) is 1.88. The number of halogens is 2. The van der Waals surface area contributed by atoms with Gasteiger partial charge in [-0.25, -0.2) is 0 Å². The zero-order valence-electron chi connectivity index (χ0n) is 11.0. The van der Waals surface area contributed by atoms with Gasteiger partial charge in [0.1, 0.15) is 5.75 Å².